The van der Waals surface area contributed by atoms with Crippen molar-refractivity contribution in [1.29, 1.82) is 0 Å². The second-order valence-electron chi connectivity index (χ2n) is 3.19. The average molecular weight is 250 g/mol. The van der Waals surface area contributed by atoms with E-state index in [1.807, 2.05) is 0 Å². The van der Waals surface area contributed by atoms with Crippen LogP contribution in [-0.2, 0) is 4.74 Å². The lowest BCUT2D eigenvalue weighted by Gasteiger charge is -1.96. The van der Waals surface area contributed by atoms with Gasteiger partial charge < -0.3 is 4.74 Å². The molecule has 0 saturated carbocycles. The van der Waals surface area contributed by atoms with Crippen molar-refractivity contribution >= 4 is 23.6 Å². The lowest BCUT2D eigenvalue weighted by atomic mass is 10.4. The van der Waals surface area contributed by atoms with Gasteiger partial charge in [-0.15, -0.1) is 11.3 Å². The summed E-state index contributed by atoms with van der Waals surface area (Å²) in [5.41, 5.74) is 0.396. The molecule has 2 aromatic rings. The Bertz CT molecular complexity index is 544. The zero-order valence-corrected chi connectivity index (χ0v) is 9.94. The van der Waals surface area contributed by atoms with Gasteiger partial charge in [0.05, 0.1) is 23.2 Å². The number of aldehydes is 1. The summed E-state index contributed by atoms with van der Waals surface area (Å²) in [6, 6.07) is 3.48. The molecule has 0 unspecified atom stereocenters. The number of hydrogen-bond donors (Lipinski definition) is 0. The molecule has 0 bridgehead atoms. The Labute approximate surface area is 102 Å². The monoisotopic (exact) mass is 250 g/mol. The molecule has 2 rings (SSSR count). The van der Waals surface area contributed by atoms with Gasteiger partial charge in [0.25, 0.3) is 0 Å². The Hall–Kier alpha value is -1.95. The third-order valence-corrected chi connectivity index (χ3v) is 3.05. The van der Waals surface area contributed by atoms with E-state index in [0.29, 0.717) is 17.0 Å². The van der Waals surface area contributed by atoms with E-state index in [1.54, 1.807) is 29.9 Å². The van der Waals surface area contributed by atoms with Crippen LogP contribution in [-0.4, -0.2) is 28.6 Å². The van der Waals surface area contributed by atoms with Crippen molar-refractivity contribution in [3.63, 3.8) is 0 Å². The predicted octanol–water partition coefficient (Wildman–Crippen LogP) is 1.92. The summed E-state index contributed by atoms with van der Waals surface area (Å²) in [5, 5.41) is 4.83. The molecular formula is C11H10N2O3S. The molecule has 0 aliphatic carbocycles. The molecule has 0 radical (unpaired) electrons. The van der Waals surface area contributed by atoms with Gasteiger partial charge in [-0.05, 0) is 19.1 Å². The highest BCUT2D eigenvalue weighted by atomic mass is 32.1. The van der Waals surface area contributed by atoms with E-state index in [-0.39, 0.29) is 0 Å². The van der Waals surface area contributed by atoms with Crippen LogP contribution in [0.1, 0.15) is 27.0 Å². The molecule has 88 valence electrons. The van der Waals surface area contributed by atoms with Gasteiger partial charge in [-0.3, -0.25) is 4.79 Å². The van der Waals surface area contributed by atoms with Gasteiger partial charge in [0.1, 0.15) is 5.00 Å². The predicted molar refractivity (Wildman–Crippen MR) is 62.8 cm³/mol. The smallest absolute Gasteiger partial charge is 0.341 e. The summed E-state index contributed by atoms with van der Waals surface area (Å²) in [7, 11) is 0. The first-order valence-corrected chi connectivity index (χ1v) is 5.83. The third kappa shape index (κ3) is 2.42. The second kappa shape index (κ2) is 4.92. The van der Waals surface area contributed by atoms with E-state index in [2.05, 4.69) is 5.10 Å². The van der Waals surface area contributed by atoms with Crippen LogP contribution in [0.15, 0.2) is 24.5 Å². The molecule has 0 spiro atoms. The van der Waals surface area contributed by atoms with Crippen LogP contribution in [0.25, 0.3) is 5.00 Å². The number of hydrogen-bond acceptors (Lipinski definition) is 5. The number of carbonyl (C=O) groups is 2. The summed E-state index contributed by atoms with van der Waals surface area (Å²) >= 11 is 1.30. The van der Waals surface area contributed by atoms with Gasteiger partial charge >= 0.3 is 5.97 Å². The molecule has 0 N–H and O–H groups in total. The van der Waals surface area contributed by atoms with Gasteiger partial charge in [0.15, 0.2) is 6.29 Å². The molecule has 0 aromatic carbocycles. The lowest BCUT2D eigenvalue weighted by Crippen LogP contribution is -2.03. The summed E-state index contributed by atoms with van der Waals surface area (Å²) in [4.78, 5) is 22.6. The van der Waals surface area contributed by atoms with Crippen LogP contribution in [0, 0.1) is 0 Å². The molecule has 0 aliphatic rings. The van der Waals surface area contributed by atoms with Gasteiger partial charge in [0.2, 0.25) is 0 Å². The Morgan fingerprint density at radius 2 is 2.41 bits per heavy atom. The molecule has 0 saturated heterocycles. The van der Waals surface area contributed by atoms with Gasteiger partial charge in [-0.1, -0.05) is 0 Å². The van der Waals surface area contributed by atoms with Gasteiger partial charge in [-0.2, -0.15) is 5.10 Å². The number of thiophene rings is 1. The van der Waals surface area contributed by atoms with E-state index in [4.69, 9.17) is 4.74 Å². The zero-order valence-electron chi connectivity index (χ0n) is 9.12. The topological polar surface area (TPSA) is 61.2 Å². The SMILES string of the molecule is CCOC(=O)c1cnn(-c2ccc(C=O)s2)c1. The largest absolute Gasteiger partial charge is 0.462 e. The van der Waals surface area contributed by atoms with Crippen LogP contribution in [0.5, 0.6) is 0 Å². The average Bonchev–Trinajstić information content (AvgIpc) is 2.98. The zero-order chi connectivity index (χ0) is 12.3. The number of esters is 1. The van der Waals surface area contributed by atoms with Crippen LogP contribution in [0.2, 0.25) is 0 Å². The molecule has 2 aromatic heterocycles. The lowest BCUT2D eigenvalue weighted by molar-refractivity contribution is 0.0526. The molecular weight excluding hydrogens is 240 g/mol. The maximum absolute atomic E-state index is 11.4. The van der Waals surface area contributed by atoms with Crippen molar-refractivity contribution in [2.24, 2.45) is 0 Å². The maximum Gasteiger partial charge on any atom is 0.341 e. The first kappa shape index (κ1) is 11.5. The Morgan fingerprint density at radius 3 is 3.06 bits per heavy atom. The number of rotatable bonds is 4. The standard InChI is InChI=1S/C11H10N2O3S/c1-2-16-11(15)8-5-12-13(6-8)10-4-3-9(7-14)17-10/h3-7H,2H2,1H3. The minimum atomic E-state index is -0.397. The fourth-order valence-corrected chi connectivity index (χ4v) is 2.05. The number of carbonyl (C=O) groups excluding carboxylic acids is 2. The highest BCUT2D eigenvalue weighted by Gasteiger charge is 2.10. The van der Waals surface area contributed by atoms with Crippen molar-refractivity contribution in [3.05, 3.63) is 35.0 Å². The molecule has 17 heavy (non-hydrogen) atoms. The molecule has 6 heteroatoms. The highest BCUT2D eigenvalue weighted by Crippen LogP contribution is 2.19. The summed E-state index contributed by atoms with van der Waals surface area (Å²) < 4.78 is 6.40. The Morgan fingerprint density at radius 1 is 1.59 bits per heavy atom. The van der Waals surface area contributed by atoms with E-state index in [1.165, 1.54) is 17.5 Å². The van der Waals surface area contributed by atoms with Crippen molar-refractivity contribution in [2.45, 2.75) is 6.92 Å². The molecule has 2 heterocycles. The van der Waals surface area contributed by atoms with E-state index < -0.39 is 5.97 Å². The van der Waals surface area contributed by atoms with Crippen LogP contribution in [0.4, 0.5) is 0 Å². The third-order valence-electron chi connectivity index (χ3n) is 2.05. The first-order valence-electron chi connectivity index (χ1n) is 5.01. The normalized spacial score (nSPS) is 10.2. The molecule has 0 aliphatic heterocycles. The number of nitrogens with zero attached hydrogens (tertiary/aromatic N) is 2. The Balaban J connectivity index is 2.23. The van der Waals surface area contributed by atoms with Crippen molar-refractivity contribution < 1.29 is 14.3 Å². The van der Waals surface area contributed by atoms with E-state index in [9.17, 15) is 9.59 Å². The quantitative estimate of drug-likeness (QED) is 0.614. The Kier molecular flexibility index (Phi) is 3.34. The number of ether oxygens (including phenoxy) is 1. The van der Waals surface area contributed by atoms with E-state index >= 15 is 0 Å². The number of aromatic nitrogens is 2. The van der Waals surface area contributed by atoms with Crippen molar-refractivity contribution in [2.75, 3.05) is 6.61 Å². The van der Waals surface area contributed by atoms with Gasteiger partial charge in [0, 0.05) is 6.20 Å². The molecule has 0 fully saturated rings. The van der Waals surface area contributed by atoms with Crippen LogP contribution >= 0.6 is 11.3 Å². The van der Waals surface area contributed by atoms with Gasteiger partial charge in [-0.25, -0.2) is 9.48 Å². The fraction of sp³-hybridized carbons (Fsp3) is 0.182. The highest BCUT2D eigenvalue weighted by molar-refractivity contribution is 7.16. The van der Waals surface area contributed by atoms with Crippen LogP contribution < -0.4 is 0 Å². The summed E-state index contributed by atoms with van der Waals surface area (Å²) in [5.74, 6) is -0.397. The minimum Gasteiger partial charge on any atom is -0.462 e. The molecule has 0 atom stereocenters. The van der Waals surface area contributed by atoms with E-state index in [0.717, 1.165) is 11.3 Å². The van der Waals surface area contributed by atoms with Crippen LogP contribution in [0.3, 0.4) is 0 Å². The molecule has 5 nitrogen and oxygen atoms in total. The minimum absolute atomic E-state index is 0.332. The molecule has 0 amide bonds. The fourth-order valence-electron chi connectivity index (χ4n) is 1.29. The maximum atomic E-state index is 11.4. The second-order valence-corrected chi connectivity index (χ2v) is 4.28. The summed E-state index contributed by atoms with van der Waals surface area (Å²) in [6.07, 6.45) is 3.81. The van der Waals surface area contributed by atoms with Crippen molar-refractivity contribution in [1.82, 2.24) is 9.78 Å². The first-order chi connectivity index (χ1) is 8.24. The summed E-state index contributed by atoms with van der Waals surface area (Å²) in [6.45, 7) is 2.08. The van der Waals surface area contributed by atoms with Crippen molar-refractivity contribution in [3.8, 4) is 5.00 Å².